The third kappa shape index (κ3) is 1.86. The maximum atomic E-state index is 11.3. The molecule has 1 rings (SSSR count). The van der Waals surface area contributed by atoms with E-state index in [9.17, 15) is 9.90 Å². The summed E-state index contributed by atoms with van der Waals surface area (Å²) in [4.78, 5) is 11.3. The van der Waals surface area contributed by atoms with Gasteiger partial charge in [-0.25, -0.2) is 0 Å². The lowest BCUT2D eigenvalue weighted by Gasteiger charge is -2.29. The predicted octanol–water partition coefficient (Wildman–Crippen LogP) is 1.76. The van der Waals surface area contributed by atoms with E-state index in [1.54, 1.807) is 0 Å². The van der Waals surface area contributed by atoms with Crippen molar-refractivity contribution in [3.63, 3.8) is 0 Å². The molecule has 0 aromatic heterocycles. The zero-order valence-corrected chi connectivity index (χ0v) is 8.13. The van der Waals surface area contributed by atoms with Gasteiger partial charge in [-0.05, 0) is 18.3 Å². The molecule has 12 heavy (non-hydrogen) atoms. The molecule has 1 saturated carbocycles. The molecule has 70 valence electrons. The van der Waals surface area contributed by atoms with Crippen LogP contribution in [0.5, 0.6) is 0 Å². The topological polar surface area (TPSA) is 37.3 Å². The van der Waals surface area contributed by atoms with Gasteiger partial charge in [0.2, 0.25) is 0 Å². The molecule has 0 radical (unpaired) electrons. The molecule has 2 heteroatoms. The Morgan fingerprint density at radius 1 is 1.50 bits per heavy atom. The van der Waals surface area contributed by atoms with Gasteiger partial charge in [0.25, 0.3) is 0 Å². The van der Waals surface area contributed by atoms with Crippen LogP contribution in [-0.4, -0.2) is 17.0 Å². The number of rotatable bonds is 1. The fraction of sp³-hybridized carbons (Fsp3) is 0.900. The minimum atomic E-state index is -0.465. The van der Waals surface area contributed by atoms with Gasteiger partial charge in [-0.15, -0.1) is 0 Å². The lowest BCUT2D eigenvalue weighted by atomic mass is 9.80. The SMILES string of the molecule is CC(C)(C)C(O)C1CCCC1=O. The Labute approximate surface area is 74.0 Å². The highest BCUT2D eigenvalue weighted by Crippen LogP contribution is 2.33. The van der Waals surface area contributed by atoms with E-state index in [1.165, 1.54) is 0 Å². The maximum Gasteiger partial charge on any atom is 0.138 e. The lowest BCUT2D eigenvalue weighted by Crippen LogP contribution is -2.35. The third-order valence-corrected chi connectivity index (χ3v) is 2.62. The van der Waals surface area contributed by atoms with Crippen molar-refractivity contribution in [3.8, 4) is 0 Å². The van der Waals surface area contributed by atoms with Gasteiger partial charge >= 0.3 is 0 Å². The molecular formula is C10H18O2. The third-order valence-electron chi connectivity index (χ3n) is 2.62. The molecule has 2 atom stereocenters. The van der Waals surface area contributed by atoms with Gasteiger partial charge in [0.05, 0.1) is 6.10 Å². The van der Waals surface area contributed by atoms with Crippen LogP contribution in [0, 0.1) is 11.3 Å². The molecular weight excluding hydrogens is 152 g/mol. The highest BCUT2D eigenvalue weighted by molar-refractivity contribution is 5.83. The summed E-state index contributed by atoms with van der Waals surface area (Å²) in [5.41, 5.74) is -0.162. The molecule has 1 fully saturated rings. The maximum absolute atomic E-state index is 11.3. The average Bonchev–Trinajstić information content (AvgIpc) is 2.31. The Balaban J connectivity index is 2.63. The Bertz CT molecular complexity index is 179. The summed E-state index contributed by atoms with van der Waals surface area (Å²) in [7, 11) is 0. The van der Waals surface area contributed by atoms with E-state index in [2.05, 4.69) is 0 Å². The first-order valence-corrected chi connectivity index (χ1v) is 4.63. The Kier molecular flexibility index (Phi) is 2.57. The Morgan fingerprint density at radius 3 is 2.42 bits per heavy atom. The van der Waals surface area contributed by atoms with Crippen molar-refractivity contribution < 1.29 is 9.90 Å². The van der Waals surface area contributed by atoms with Gasteiger partial charge in [-0.3, -0.25) is 4.79 Å². The van der Waals surface area contributed by atoms with E-state index in [0.717, 1.165) is 12.8 Å². The van der Waals surface area contributed by atoms with Crippen LogP contribution in [0.25, 0.3) is 0 Å². The Hall–Kier alpha value is -0.370. The van der Waals surface area contributed by atoms with Crippen molar-refractivity contribution in [1.82, 2.24) is 0 Å². The van der Waals surface area contributed by atoms with Crippen LogP contribution in [-0.2, 0) is 4.79 Å². The number of Topliss-reactive ketones (excluding diaryl/α,β-unsaturated/α-hetero) is 1. The number of hydrogen-bond acceptors (Lipinski definition) is 2. The van der Waals surface area contributed by atoms with E-state index >= 15 is 0 Å². The number of hydrogen-bond donors (Lipinski definition) is 1. The van der Waals surface area contributed by atoms with Gasteiger partial charge in [-0.1, -0.05) is 20.8 Å². The molecule has 0 aromatic rings. The smallest absolute Gasteiger partial charge is 0.138 e. The van der Waals surface area contributed by atoms with E-state index in [1.807, 2.05) is 20.8 Å². The molecule has 1 N–H and O–H groups in total. The molecule has 0 aromatic carbocycles. The van der Waals surface area contributed by atoms with E-state index in [0.29, 0.717) is 6.42 Å². The minimum Gasteiger partial charge on any atom is -0.392 e. The van der Waals surface area contributed by atoms with Crippen LogP contribution in [0.1, 0.15) is 40.0 Å². The van der Waals surface area contributed by atoms with E-state index in [4.69, 9.17) is 0 Å². The highest BCUT2D eigenvalue weighted by Gasteiger charge is 2.37. The van der Waals surface area contributed by atoms with Crippen molar-refractivity contribution in [3.05, 3.63) is 0 Å². The van der Waals surface area contributed by atoms with Crippen molar-refractivity contribution in [1.29, 1.82) is 0 Å². The second-order valence-corrected chi connectivity index (χ2v) is 4.78. The standard InChI is InChI=1S/C10H18O2/c1-10(2,3)9(12)7-5-4-6-8(7)11/h7,9,12H,4-6H2,1-3H3. The molecule has 0 amide bonds. The van der Waals surface area contributed by atoms with Crippen molar-refractivity contribution in [2.45, 2.75) is 46.1 Å². The van der Waals surface area contributed by atoms with E-state index < -0.39 is 6.10 Å². The molecule has 0 saturated heterocycles. The fourth-order valence-corrected chi connectivity index (χ4v) is 1.78. The second-order valence-electron chi connectivity index (χ2n) is 4.78. The summed E-state index contributed by atoms with van der Waals surface area (Å²) < 4.78 is 0. The zero-order valence-electron chi connectivity index (χ0n) is 8.13. The largest absolute Gasteiger partial charge is 0.392 e. The van der Waals surface area contributed by atoms with Crippen molar-refractivity contribution in [2.24, 2.45) is 11.3 Å². The quantitative estimate of drug-likeness (QED) is 0.651. The molecule has 0 aliphatic heterocycles. The molecule has 0 spiro atoms. The molecule has 0 bridgehead atoms. The summed E-state index contributed by atoms with van der Waals surface area (Å²) in [6, 6.07) is 0. The highest BCUT2D eigenvalue weighted by atomic mass is 16.3. The summed E-state index contributed by atoms with van der Waals surface area (Å²) >= 11 is 0. The first kappa shape index (κ1) is 9.72. The Morgan fingerprint density at radius 2 is 2.08 bits per heavy atom. The molecule has 1 aliphatic carbocycles. The van der Waals surface area contributed by atoms with Gasteiger partial charge in [0.1, 0.15) is 5.78 Å². The summed E-state index contributed by atoms with van der Waals surface area (Å²) in [6.07, 6.45) is 2.03. The van der Waals surface area contributed by atoms with Crippen LogP contribution in [0.3, 0.4) is 0 Å². The van der Waals surface area contributed by atoms with Gasteiger partial charge in [0, 0.05) is 12.3 Å². The van der Waals surface area contributed by atoms with Crippen LogP contribution in [0.15, 0.2) is 0 Å². The summed E-state index contributed by atoms with van der Waals surface area (Å²) in [6.45, 7) is 5.93. The first-order chi connectivity index (χ1) is 5.43. The normalized spacial score (nSPS) is 27.7. The molecule has 2 nitrogen and oxygen atoms in total. The molecule has 2 unspecified atom stereocenters. The van der Waals surface area contributed by atoms with Gasteiger partial charge in [0.15, 0.2) is 0 Å². The minimum absolute atomic E-state index is 0.0926. The zero-order chi connectivity index (χ0) is 9.35. The number of ketones is 1. The van der Waals surface area contributed by atoms with Crippen molar-refractivity contribution in [2.75, 3.05) is 0 Å². The van der Waals surface area contributed by atoms with Gasteiger partial charge in [-0.2, -0.15) is 0 Å². The summed E-state index contributed by atoms with van der Waals surface area (Å²) in [5.74, 6) is 0.155. The van der Waals surface area contributed by atoms with Crippen LogP contribution < -0.4 is 0 Å². The number of carbonyl (C=O) groups excluding carboxylic acids is 1. The van der Waals surface area contributed by atoms with Crippen LogP contribution >= 0.6 is 0 Å². The monoisotopic (exact) mass is 170 g/mol. The van der Waals surface area contributed by atoms with Gasteiger partial charge < -0.3 is 5.11 Å². The number of aliphatic hydroxyl groups is 1. The predicted molar refractivity (Wildman–Crippen MR) is 47.8 cm³/mol. The van der Waals surface area contributed by atoms with E-state index in [-0.39, 0.29) is 17.1 Å². The molecule has 0 heterocycles. The summed E-state index contributed by atoms with van der Waals surface area (Å²) in [5, 5.41) is 9.84. The van der Waals surface area contributed by atoms with Crippen molar-refractivity contribution >= 4 is 5.78 Å². The number of carbonyl (C=O) groups is 1. The fourth-order valence-electron chi connectivity index (χ4n) is 1.78. The molecule has 1 aliphatic rings. The number of aliphatic hydroxyl groups excluding tert-OH is 1. The van der Waals surface area contributed by atoms with Crippen LogP contribution in [0.2, 0.25) is 0 Å². The van der Waals surface area contributed by atoms with Crippen LogP contribution in [0.4, 0.5) is 0 Å². The second kappa shape index (κ2) is 3.17. The average molecular weight is 170 g/mol. The lowest BCUT2D eigenvalue weighted by molar-refractivity contribution is -0.126. The first-order valence-electron chi connectivity index (χ1n) is 4.63.